The lowest BCUT2D eigenvalue weighted by Gasteiger charge is -2.07. The van der Waals surface area contributed by atoms with Crippen molar-refractivity contribution >= 4 is 10.9 Å². The van der Waals surface area contributed by atoms with Crippen LogP contribution in [-0.2, 0) is 10.9 Å². The van der Waals surface area contributed by atoms with Crippen LogP contribution in [0.25, 0.3) is 0 Å². The summed E-state index contributed by atoms with van der Waals surface area (Å²) in [6.45, 7) is 11.7. The van der Waals surface area contributed by atoms with Gasteiger partial charge in [0.1, 0.15) is 0 Å². The van der Waals surface area contributed by atoms with Gasteiger partial charge in [-0.2, -0.15) is 0 Å². The predicted molar refractivity (Wildman–Crippen MR) is 96.6 cm³/mol. The number of benzene rings is 2. The van der Waals surface area contributed by atoms with Gasteiger partial charge in [0, 0.05) is 0 Å². The molecule has 0 fully saturated rings. The van der Waals surface area contributed by atoms with Crippen molar-refractivity contribution in [3.63, 3.8) is 0 Å². The van der Waals surface area contributed by atoms with Crippen LogP contribution in [0, 0.1) is 0 Å². The molecule has 0 nitrogen and oxygen atoms in total. The second-order valence-electron chi connectivity index (χ2n) is 3.94. The second-order valence-corrected chi connectivity index (χ2v) is 5.97. The van der Waals surface area contributed by atoms with Gasteiger partial charge in [0.25, 0.3) is 0 Å². The van der Waals surface area contributed by atoms with Gasteiger partial charge in [-0.1, -0.05) is 69.5 Å². The molecule has 0 unspecified atom stereocenters. The first kappa shape index (κ1) is 17.1. The van der Waals surface area contributed by atoms with E-state index in [0.717, 1.165) is 0 Å². The number of hydrogen-bond acceptors (Lipinski definition) is 0. The van der Waals surface area contributed by atoms with E-state index in [9.17, 15) is 0 Å². The molecule has 108 valence electrons. The Morgan fingerprint density at radius 1 is 0.810 bits per heavy atom. The molecule has 0 bridgehead atoms. The first-order valence-corrected chi connectivity index (χ1v) is 8.39. The van der Waals surface area contributed by atoms with Crippen molar-refractivity contribution in [2.45, 2.75) is 23.6 Å². The summed E-state index contributed by atoms with van der Waals surface area (Å²) >= 11 is 0. The maximum atomic E-state index is 3.94. The van der Waals surface area contributed by atoms with Gasteiger partial charge in [0.2, 0.25) is 0 Å². The highest BCUT2D eigenvalue weighted by Gasteiger charge is 2.28. The van der Waals surface area contributed by atoms with E-state index in [2.05, 4.69) is 61.7 Å². The molecule has 0 saturated carbocycles. The fourth-order valence-corrected chi connectivity index (χ4v) is 3.93. The Balaban J connectivity index is 0.00000106. The van der Waals surface area contributed by atoms with Gasteiger partial charge in [-0.15, -0.1) is 0 Å². The molecule has 0 heterocycles. The molecule has 0 aromatic heterocycles. The third kappa shape index (κ3) is 4.80. The van der Waals surface area contributed by atoms with E-state index in [0.29, 0.717) is 0 Å². The molecule has 2 aromatic carbocycles. The van der Waals surface area contributed by atoms with Gasteiger partial charge in [-0.05, 0) is 36.4 Å². The highest BCUT2D eigenvalue weighted by Crippen LogP contribution is 2.30. The van der Waals surface area contributed by atoms with Crippen molar-refractivity contribution in [1.82, 2.24) is 0 Å². The highest BCUT2D eigenvalue weighted by atomic mass is 32.2. The van der Waals surface area contributed by atoms with Gasteiger partial charge in [0.05, 0.1) is 10.9 Å². The Morgan fingerprint density at radius 2 is 1.24 bits per heavy atom. The molecule has 0 saturated heterocycles. The molecule has 0 atom stereocenters. The van der Waals surface area contributed by atoms with Crippen LogP contribution in [0.5, 0.6) is 0 Å². The smallest absolute Gasteiger partial charge is 0.0989 e. The summed E-state index contributed by atoms with van der Waals surface area (Å²) in [5, 5.41) is 0. The van der Waals surface area contributed by atoms with Gasteiger partial charge in [-0.3, -0.25) is 0 Å². The minimum absolute atomic E-state index is 0.117. The third-order valence-electron chi connectivity index (χ3n) is 2.68. The maximum Gasteiger partial charge on any atom is 0.166 e. The zero-order valence-corrected chi connectivity index (χ0v) is 13.6. The van der Waals surface area contributed by atoms with Crippen LogP contribution in [0.1, 0.15) is 13.8 Å². The SMILES string of the molecule is C=C/C=C(\C=C)[S+](c1ccccc1)c1ccccc1.CC. The average Bonchev–Trinajstić information content (AvgIpc) is 2.58. The van der Waals surface area contributed by atoms with Gasteiger partial charge in [0.15, 0.2) is 14.7 Å². The lowest BCUT2D eigenvalue weighted by molar-refractivity contribution is 1.38. The Kier molecular flexibility index (Phi) is 8.00. The molecule has 0 aliphatic rings. The van der Waals surface area contributed by atoms with Crippen LogP contribution in [-0.4, -0.2) is 0 Å². The Morgan fingerprint density at radius 3 is 1.57 bits per heavy atom. The first-order valence-electron chi connectivity index (χ1n) is 7.16. The largest absolute Gasteiger partial charge is 0.166 e. The Labute approximate surface area is 131 Å². The van der Waals surface area contributed by atoms with E-state index >= 15 is 0 Å². The highest BCUT2D eigenvalue weighted by molar-refractivity contribution is 8.00. The summed E-state index contributed by atoms with van der Waals surface area (Å²) in [5.74, 6) is 0. The quantitative estimate of drug-likeness (QED) is 0.468. The standard InChI is InChI=1S/C18H17S.C2H6/c1-3-11-16(4-2)19(17-12-7-5-8-13-17)18-14-9-6-10-15-18;1-2/h3-15H,1-2H2;1-2H3/q+1;/b16-11+;. The molecule has 21 heavy (non-hydrogen) atoms. The summed E-state index contributed by atoms with van der Waals surface area (Å²) in [4.78, 5) is 3.77. The molecule has 0 aliphatic heterocycles. The minimum atomic E-state index is -0.117. The van der Waals surface area contributed by atoms with Gasteiger partial charge in [-0.25, -0.2) is 0 Å². The van der Waals surface area contributed by atoms with Crippen molar-refractivity contribution < 1.29 is 0 Å². The predicted octanol–water partition coefficient (Wildman–Crippen LogP) is 6.01. The molecule has 2 aromatic rings. The lowest BCUT2D eigenvalue weighted by atomic mass is 10.4. The summed E-state index contributed by atoms with van der Waals surface area (Å²) < 4.78 is 0. The monoisotopic (exact) mass is 295 g/mol. The Bertz CT molecular complexity index is 528. The van der Waals surface area contributed by atoms with Crippen LogP contribution < -0.4 is 0 Å². The molecule has 2 rings (SSSR count). The molecule has 0 aliphatic carbocycles. The van der Waals surface area contributed by atoms with Gasteiger partial charge < -0.3 is 0 Å². The fraction of sp³-hybridized carbons (Fsp3) is 0.100. The zero-order valence-electron chi connectivity index (χ0n) is 12.8. The van der Waals surface area contributed by atoms with Crippen LogP contribution in [0.15, 0.2) is 107 Å². The number of allylic oxidation sites excluding steroid dienone is 3. The topological polar surface area (TPSA) is 0 Å². The summed E-state index contributed by atoms with van der Waals surface area (Å²) in [5.41, 5.74) is 0. The van der Waals surface area contributed by atoms with Gasteiger partial charge >= 0.3 is 0 Å². The summed E-state index contributed by atoms with van der Waals surface area (Å²) in [6, 6.07) is 21.0. The summed E-state index contributed by atoms with van der Waals surface area (Å²) in [6.07, 6.45) is 5.78. The summed E-state index contributed by atoms with van der Waals surface area (Å²) in [7, 11) is -0.117. The normalized spacial score (nSPS) is 10.5. The zero-order chi connectivity index (χ0) is 15.5. The lowest BCUT2D eigenvalue weighted by Crippen LogP contribution is -2.05. The molecular formula is C20H23S+. The van der Waals surface area contributed by atoms with Crippen LogP contribution in [0.4, 0.5) is 0 Å². The van der Waals surface area contributed by atoms with E-state index in [1.54, 1.807) is 0 Å². The maximum absolute atomic E-state index is 3.94. The Hall–Kier alpha value is -1.99. The third-order valence-corrected chi connectivity index (χ3v) is 4.94. The van der Waals surface area contributed by atoms with E-state index in [-0.39, 0.29) is 10.9 Å². The molecule has 0 N–H and O–H groups in total. The van der Waals surface area contributed by atoms with Crippen molar-refractivity contribution in [1.29, 1.82) is 0 Å². The van der Waals surface area contributed by atoms with E-state index in [1.807, 2.05) is 44.2 Å². The molecule has 0 amide bonds. The van der Waals surface area contributed by atoms with E-state index in [4.69, 9.17) is 0 Å². The second kappa shape index (κ2) is 9.84. The van der Waals surface area contributed by atoms with Crippen molar-refractivity contribution in [3.05, 3.63) is 97.0 Å². The molecule has 0 spiro atoms. The number of rotatable bonds is 5. The van der Waals surface area contributed by atoms with E-state index in [1.165, 1.54) is 14.7 Å². The average molecular weight is 295 g/mol. The number of hydrogen-bond donors (Lipinski definition) is 0. The van der Waals surface area contributed by atoms with Crippen molar-refractivity contribution in [2.75, 3.05) is 0 Å². The minimum Gasteiger partial charge on any atom is -0.0989 e. The van der Waals surface area contributed by atoms with E-state index < -0.39 is 0 Å². The van der Waals surface area contributed by atoms with Crippen LogP contribution in [0.2, 0.25) is 0 Å². The fourth-order valence-electron chi connectivity index (χ4n) is 1.86. The molecule has 0 radical (unpaired) electrons. The van der Waals surface area contributed by atoms with Crippen molar-refractivity contribution in [2.24, 2.45) is 0 Å². The molecule has 1 heteroatoms. The first-order chi connectivity index (χ1) is 10.4. The van der Waals surface area contributed by atoms with Crippen LogP contribution in [0.3, 0.4) is 0 Å². The molecular weight excluding hydrogens is 272 g/mol. The van der Waals surface area contributed by atoms with Crippen LogP contribution >= 0.6 is 0 Å². The van der Waals surface area contributed by atoms with Crippen molar-refractivity contribution in [3.8, 4) is 0 Å².